The Morgan fingerprint density at radius 2 is 1.80 bits per heavy atom. The summed E-state index contributed by atoms with van der Waals surface area (Å²) in [4.78, 5) is 15.1. The molecule has 1 N–H and O–H groups in total. The lowest BCUT2D eigenvalue weighted by Crippen LogP contribution is -2.15. The lowest BCUT2D eigenvalue weighted by molar-refractivity contribution is 0.415. The van der Waals surface area contributed by atoms with E-state index in [0.29, 0.717) is 17.7 Å². The van der Waals surface area contributed by atoms with E-state index in [1.54, 1.807) is 7.11 Å². The zero-order chi connectivity index (χ0) is 14.5. The van der Waals surface area contributed by atoms with Gasteiger partial charge in [-0.3, -0.25) is 0 Å². The first-order valence-electron chi connectivity index (χ1n) is 6.45. The number of nitrogens with zero attached hydrogens (tertiary/aromatic N) is 4. The van der Waals surface area contributed by atoms with Crippen molar-refractivity contribution in [2.75, 3.05) is 38.0 Å². The predicted octanol–water partition coefficient (Wildman–Crippen LogP) is 2.04. The Hall–Kier alpha value is -2.37. The lowest BCUT2D eigenvalue weighted by atomic mass is 10.2. The van der Waals surface area contributed by atoms with Gasteiger partial charge in [-0.2, -0.15) is 15.0 Å². The highest BCUT2D eigenvalue weighted by Gasteiger charge is 2.09. The lowest BCUT2D eigenvalue weighted by Gasteiger charge is -2.13. The van der Waals surface area contributed by atoms with Gasteiger partial charge >= 0.3 is 0 Å². The fourth-order valence-corrected chi connectivity index (χ4v) is 1.67. The largest absolute Gasteiger partial charge is 0.497 e. The molecule has 0 saturated carbocycles. The predicted molar refractivity (Wildman–Crippen MR) is 80.3 cm³/mol. The second-order valence-corrected chi connectivity index (χ2v) is 4.44. The summed E-state index contributed by atoms with van der Waals surface area (Å²) >= 11 is 0. The standard InChI is InChI=1S/C14H19N5O/c1-5-15-13-16-12(17-14(18-13)19(2)3)10-6-8-11(20-4)9-7-10/h6-9H,5H2,1-4H3,(H,15,16,17,18). The van der Waals surface area contributed by atoms with Gasteiger partial charge in [0.1, 0.15) is 5.75 Å². The van der Waals surface area contributed by atoms with Crippen molar-refractivity contribution in [2.24, 2.45) is 0 Å². The molecule has 0 radical (unpaired) electrons. The Kier molecular flexibility index (Phi) is 4.34. The quantitative estimate of drug-likeness (QED) is 0.899. The van der Waals surface area contributed by atoms with Gasteiger partial charge in [-0.15, -0.1) is 0 Å². The van der Waals surface area contributed by atoms with Crippen molar-refractivity contribution < 1.29 is 4.74 Å². The van der Waals surface area contributed by atoms with E-state index < -0.39 is 0 Å². The zero-order valence-electron chi connectivity index (χ0n) is 12.2. The third-order valence-electron chi connectivity index (χ3n) is 2.71. The van der Waals surface area contributed by atoms with Crippen LogP contribution in [0.25, 0.3) is 11.4 Å². The Morgan fingerprint density at radius 1 is 1.10 bits per heavy atom. The van der Waals surface area contributed by atoms with Crippen molar-refractivity contribution in [3.63, 3.8) is 0 Å². The molecular formula is C14H19N5O. The highest BCUT2D eigenvalue weighted by atomic mass is 16.5. The number of nitrogens with one attached hydrogen (secondary N) is 1. The zero-order valence-corrected chi connectivity index (χ0v) is 12.2. The molecule has 0 aliphatic rings. The van der Waals surface area contributed by atoms with Crippen LogP contribution in [0.5, 0.6) is 5.75 Å². The SMILES string of the molecule is CCNc1nc(-c2ccc(OC)cc2)nc(N(C)C)n1. The Labute approximate surface area is 118 Å². The van der Waals surface area contributed by atoms with Crippen LogP contribution in [-0.4, -0.2) is 42.7 Å². The third-order valence-corrected chi connectivity index (χ3v) is 2.71. The highest BCUT2D eigenvalue weighted by molar-refractivity contribution is 5.59. The van der Waals surface area contributed by atoms with E-state index in [1.807, 2.05) is 50.2 Å². The molecule has 0 bridgehead atoms. The number of hydrogen-bond acceptors (Lipinski definition) is 6. The first-order chi connectivity index (χ1) is 9.63. The minimum absolute atomic E-state index is 0.581. The number of ether oxygens (including phenoxy) is 1. The summed E-state index contributed by atoms with van der Waals surface area (Å²) in [6, 6.07) is 7.65. The fourth-order valence-electron chi connectivity index (χ4n) is 1.67. The van der Waals surface area contributed by atoms with Gasteiger partial charge in [-0.25, -0.2) is 0 Å². The molecule has 2 aromatic rings. The molecule has 0 amide bonds. The molecule has 1 aromatic carbocycles. The van der Waals surface area contributed by atoms with Crippen LogP contribution in [0.4, 0.5) is 11.9 Å². The maximum atomic E-state index is 5.16. The monoisotopic (exact) mass is 273 g/mol. The van der Waals surface area contributed by atoms with Crippen LogP contribution in [0.1, 0.15) is 6.92 Å². The van der Waals surface area contributed by atoms with Crippen LogP contribution in [0.15, 0.2) is 24.3 Å². The second-order valence-electron chi connectivity index (χ2n) is 4.44. The highest BCUT2D eigenvalue weighted by Crippen LogP contribution is 2.21. The van der Waals surface area contributed by atoms with Crippen LogP contribution >= 0.6 is 0 Å². The van der Waals surface area contributed by atoms with Gasteiger partial charge in [0.15, 0.2) is 5.82 Å². The maximum absolute atomic E-state index is 5.16. The summed E-state index contributed by atoms with van der Waals surface area (Å²) < 4.78 is 5.16. The van der Waals surface area contributed by atoms with E-state index in [0.717, 1.165) is 17.9 Å². The number of hydrogen-bond donors (Lipinski definition) is 1. The molecule has 0 aliphatic heterocycles. The van der Waals surface area contributed by atoms with Crippen LogP contribution in [0.2, 0.25) is 0 Å². The first kappa shape index (κ1) is 14.0. The van der Waals surface area contributed by atoms with Crippen LogP contribution in [0, 0.1) is 0 Å². The smallest absolute Gasteiger partial charge is 0.230 e. The molecule has 0 atom stereocenters. The molecule has 6 heteroatoms. The average Bonchev–Trinajstić information content (AvgIpc) is 2.47. The first-order valence-corrected chi connectivity index (χ1v) is 6.45. The van der Waals surface area contributed by atoms with Gasteiger partial charge < -0.3 is 15.0 Å². The molecule has 2 rings (SSSR count). The van der Waals surface area contributed by atoms with E-state index in [-0.39, 0.29) is 0 Å². The molecule has 0 saturated heterocycles. The van der Waals surface area contributed by atoms with Gasteiger partial charge in [-0.1, -0.05) is 0 Å². The summed E-state index contributed by atoms with van der Waals surface area (Å²) in [6.07, 6.45) is 0. The van der Waals surface area contributed by atoms with Crippen molar-refractivity contribution in [1.82, 2.24) is 15.0 Å². The second kappa shape index (κ2) is 6.18. The molecule has 0 unspecified atom stereocenters. The molecule has 0 fully saturated rings. The number of aromatic nitrogens is 3. The van der Waals surface area contributed by atoms with E-state index in [9.17, 15) is 0 Å². The summed E-state index contributed by atoms with van der Waals surface area (Å²) in [5.41, 5.74) is 0.926. The third kappa shape index (κ3) is 3.14. The Morgan fingerprint density at radius 3 is 2.35 bits per heavy atom. The molecule has 6 nitrogen and oxygen atoms in total. The fraction of sp³-hybridized carbons (Fsp3) is 0.357. The Bertz CT molecular complexity index is 568. The van der Waals surface area contributed by atoms with Crippen LogP contribution in [0.3, 0.4) is 0 Å². The Balaban J connectivity index is 2.42. The van der Waals surface area contributed by atoms with E-state index in [1.165, 1.54) is 0 Å². The van der Waals surface area contributed by atoms with Crippen LogP contribution in [-0.2, 0) is 0 Å². The topological polar surface area (TPSA) is 63.2 Å². The van der Waals surface area contributed by atoms with Crippen molar-refractivity contribution in [2.45, 2.75) is 6.92 Å². The van der Waals surface area contributed by atoms with E-state index in [4.69, 9.17) is 4.74 Å². The number of rotatable bonds is 5. The number of benzene rings is 1. The van der Waals surface area contributed by atoms with Crippen molar-refractivity contribution in [3.8, 4) is 17.1 Å². The minimum atomic E-state index is 0.581. The van der Waals surface area contributed by atoms with E-state index in [2.05, 4.69) is 20.3 Å². The summed E-state index contributed by atoms with van der Waals surface area (Å²) in [7, 11) is 5.46. The minimum Gasteiger partial charge on any atom is -0.497 e. The van der Waals surface area contributed by atoms with Gasteiger partial charge in [0, 0.05) is 26.2 Å². The average molecular weight is 273 g/mol. The van der Waals surface area contributed by atoms with Crippen LogP contribution < -0.4 is 15.0 Å². The molecule has 1 heterocycles. The summed E-state index contributed by atoms with van der Waals surface area (Å²) in [5.74, 6) is 2.66. The molecule has 0 aliphatic carbocycles. The molecule has 106 valence electrons. The van der Waals surface area contributed by atoms with Crippen molar-refractivity contribution in [3.05, 3.63) is 24.3 Å². The van der Waals surface area contributed by atoms with Gasteiger partial charge in [-0.05, 0) is 31.2 Å². The van der Waals surface area contributed by atoms with Crippen molar-refractivity contribution in [1.29, 1.82) is 0 Å². The van der Waals surface area contributed by atoms with Crippen molar-refractivity contribution >= 4 is 11.9 Å². The normalized spacial score (nSPS) is 10.2. The summed E-state index contributed by atoms with van der Waals surface area (Å²) in [6.45, 7) is 2.77. The molecule has 1 aromatic heterocycles. The molecule has 0 spiro atoms. The molecule has 20 heavy (non-hydrogen) atoms. The summed E-state index contributed by atoms with van der Waals surface area (Å²) in [5, 5.41) is 3.12. The van der Waals surface area contributed by atoms with E-state index >= 15 is 0 Å². The van der Waals surface area contributed by atoms with Gasteiger partial charge in [0.05, 0.1) is 7.11 Å². The number of methoxy groups -OCH3 is 1. The molecular weight excluding hydrogens is 254 g/mol. The maximum Gasteiger partial charge on any atom is 0.230 e. The van der Waals surface area contributed by atoms with Gasteiger partial charge in [0.2, 0.25) is 11.9 Å². The van der Waals surface area contributed by atoms with Gasteiger partial charge in [0.25, 0.3) is 0 Å². The number of anilines is 2.